The summed E-state index contributed by atoms with van der Waals surface area (Å²) in [6.07, 6.45) is 0. The second-order valence-electron chi connectivity index (χ2n) is 5.52. The van der Waals surface area contributed by atoms with Crippen LogP contribution in [0.25, 0.3) is 10.8 Å². The second kappa shape index (κ2) is 5.04. The van der Waals surface area contributed by atoms with Crippen LogP contribution in [0.15, 0.2) is 66.7 Å². The van der Waals surface area contributed by atoms with Gasteiger partial charge in [0.05, 0.1) is 4.83 Å². The monoisotopic (exact) mass is 414 g/mol. The molecule has 2 unspecified atom stereocenters. The molecule has 3 heteroatoms. The molecule has 0 aromatic heterocycles. The molecule has 0 N–H and O–H groups in total. The number of benzene rings is 3. The Labute approximate surface area is 145 Å². The maximum Gasteiger partial charge on any atom is 0.186 e. The molecule has 108 valence electrons. The van der Waals surface area contributed by atoms with Gasteiger partial charge in [-0.15, -0.1) is 0 Å². The molecule has 1 aliphatic carbocycles. The lowest BCUT2D eigenvalue weighted by Crippen LogP contribution is -2.29. The molecular weight excluding hydrogens is 404 g/mol. The van der Waals surface area contributed by atoms with Gasteiger partial charge in [0, 0.05) is 5.56 Å². The van der Waals surface area contributed by atoms with E-state index in [4.69, 9.17) is 0 Å². The summed E-state index contributed by atoms with van der Waals surface area (Å²) in [6.45, 7) is 0. The van der Waals surface area contributed by atoms with Gasteiger partial charge in [-0.2, -0.15) is 0 Å². The van der Waals surface area contributed by atoms with Crippen molar-refractivity contribution in [2.75, 3.05) is 0 Å². The van der Waals surface area contributed by atoms with Crippen molar-refractivity contribution in [2.45, 2.75) is 9.15 Å². The molecule has 1 nitrogen and oxygen atoms in total. The van der Waals surface area contributed by atoms with E-state index in [0.29, 0.717) is 0 Å². The molecule has 3 aromatic rings. The minimum atomic E-state index is -0.766. The molecule has 0 radical (unpaired) electrons. The number of Topliss-reactive ketones (excluding diaryl/α,β-unsaturated/α-hetero) is 1. The molecule has 0 spiro atoms. The average molecular weight is 416 g/mol. The highest BCUT2D eigenvalue weighted by Crippen LogP contribution is 2.56. The van der Waals surface area contributed by atoms with Crippen LogP contribution in [-0.2, 0) is 4.32 Å². The third-order valence-corrected chi connectivity index (χ3v) is 7.39. The van der Waals surface area contributed by atoms with Crippen LogP contribution in [0.5, 0.6) is 0 Å². The fraction of sp³-hybridized carbons (Fsp3) is 0.105. The van der Waals surface area contributed by atoms with Crippen molar-refractivity contribution in [1.29, 1.82) is 0 Å². The van der Waals surface area contributed by atoms with Crippen LogP contribution in [0.4, 0.5) is 0 Å². The van der Waals surface area contributed by atoms with Gasteiger partial charge >= 0.3 is 0 Å². The fourth-order valence-electron chi connectivity index (χ4n) is 3.25. The van der Waals surface area contributed by atoms with Crippen LogP contribution < -0.4 is 0 Å². The van der Waals surface area contributed by atoms with E-state index < -0.39 is 4.32 Å². The lowest BCUT2D eigenvalue weighted by Gasteiger charge is -2.28. The summed E-state index contributed by atoms with van der Waals surface area (Å²) in [4.78, 5) is 13.0. The maximum absolute atomic E-state index is 13.1. The molecule has 1 aliphatic rings. The van der Waals surface area contributed by atoms with Gasteiger partial charge in [-0.05, 0) is 21.9 Å². The topological polar surface area (TPSA) is 17.1 Å². The van der Waals surface area contributed by atoms with Gasteiger partial charge in [0.25, 0.3) is 0 Å². The number of carbonyl (C=O) groups is 1. The van der Waals surface area contributed by atoms with E-state index in [0.717, 1.165) is 27.5 Å². The first kappa shape index (κ1) is 14.2. The van der Waals surface area contributed by atoms with Gasteiger partial charge in [0.1, 0.15) is 4.32 Å². The van der Waals surface area contributed by atoms with Crippen LogP contribution in [0.2, 0.25) is 0 Å². The number of halogens is 2. The summed E-state index contributed by atoms with van der Waals surface area (Å²) >= 11 is 7.56. The molecule has 0 fully saturated rings. The first-order chi connectivity index (χ1) is 10.6. The van der Waals surface area contributed by atoms with E-state index in [9.17, 15) is 4.79 Å². The highest BCUT2D eigenvalue weighted by Gasteiger charge is 2.50. The van der Waals surface area contributed by atoms with Crippen molar-refractivity contribution in [3.05, 3.63) is 83.4 Å². The fourth-order valence-corrected chi connectivity index (χ4v) is 4.82. The van der Waals surface area contributed by atoms with Gasteiger partial charge in [0.2, 0.25) is 0 Å². The molecule has 0 heterocycles. The molecule has 0 saturated heterocycles. The van der Waals surface area contributed by atoms with Crippen molar-refractivity contribution < 1.29 is 4.79 Å². The Morgan fingerprint density at radius 1 is 0.864 bits per heavy atom. The molecular formula is C19H12Br2O. The molecule has 22 heavy (non-hydrogen) atoms. The minimum Gasteiger partial charge on any atom is -0.292 e. The summed E-state index contributed by atoms with van der Waals surface area (Å²) in [5.74, 6) is 0.116. The van der Waals surface area contributed by atoms with Gasteiger partial charge in [-0.25, -0.2) is 0 Å². The van der Waals surface area contributed by atoms with Crippen LogP contribution in [0, 0.1) is 0 Å². The number of ketones is 1. The average Bonchev–Trinajstić information content (AvgIpc) is 2.80. The van der Waals surface area contributed by atoms with Crippen molar-refractivity contribution in [1.82, 2.24) is 0 Å². The Balaban J connectivity index is 1.98. The Hall–Kier alpha value is -1.45. The summed E-state index contributed by atoms with van der Waals surface area (Å²) < 4.78 is -0.766. The van der Waals surface area contributed by atoms with Crippen LogP contribution >= 0.6 is 31.9 Å². The first-order valence-electron chi connectivity index (χ1n) is 7.09. The lowest BCUT2D eigenvalue weighted by molar-refractivity contribution is 0.0953. The summed E-state index contributed by atoms with van der Waals surface area (Å²) in [6, 6.07) is 22.1. The molecule has 0 amide bonds. The van der Waals surface area contributed by atoms with Crippen LogP contribution in [0.3, 0.4) is 0 Å². The van der Waals surface area contributed by atoms with Crippen molar-refractivity contribution >= 4 is 48.4 Å². The molecule has 3 aromatic carbocycles. The highest BCUT2D eigenvalue weighted by atomic mass is 79.9. The highest BCUT2D eigenvalue weighted by molar-refractivity contribution is 9.12. The Morgan fingerprint density at radius 2 is 1.55 bits per heavy atom. The Morgan fingerprint density at radius 3 is 2.27 bits per heavy atom. The van der Waals surface area contributed by atoms with E-state index >= 15 is 0 Å². The smallest absolute Gasteiger partial charge is 0.186 e. The van der Waals surface area contributed by atoms with Gasteiger partial charge in [0.15, 0.2) is 5.78 Å². The predicted octanol–water partition coefficient (Wildman–Crippen LogP) is 5.76. The predicted molar refractivity (Wildman–Crippen MR) is 97.0 cm³/mol. The maximum atomic E-state index is 13.1. The quantitative estimate of drug-likeness (QED) is 0.486. The second-order valence-corrected chi connectivity index (χ2v) is 7.69. The third-order valence-electron chi connectivity index (χ3n) is 4.31. The largest absolute Gasteiger partial charge is 0.292 e. The zero-order valence-electron chi connectivity index (χ0n) is 11.6. The molecule has 2 atom stereocenters. The normalized spacial score (nSPS) is 21.3. The summed E-state index contributed by atoms with van der Waals surface area (Å²) in [7, 11) is 0. The van der Waals surface area contributed by atoms with E-state index in [1.165, 1.54) is 0 Å². The van der Waals surface area contributed by atoms with Crippen molar-refractivity contribution in [3.8, 4) is 0 Å². The molecule has 0 bridgehead atoms. The van der Waals surface area contributed by atoms with Crippen molar-refractivity contribution in [3.63, 3.8) is 0 Å². The van der Waals surface area contributed by atoms with E-state index in [-0.39, 0.29) is 10.6 Å². The standard InChI is InChI=1S/C19H12Br2O/c20-17(13-6-2-1-3-7-13)19(21)15-11-5-9-12-8-4-10-14(16(12)15)18(19)22/h1-11,17H. The van der Waals surface area contributed by atoms with Gasteiger partial charge < -0.3 is 0 Å². The zero-order valence-corrected chi connectivity index (χ0v) is 14.8. The lowest BCUT2D eigenvalue weighted by atomic mass is 9.91. The SMILES string of the molecule is O=C1c2cccc3cccc(c23)C1(Br)C(Br)c1ccccc1. The Kier molecular flexibility index (Phi) is 3.24. The molecule has 0 saturated carbocycles. The third kappa shape index (κ3) is 1.79. The number of alkyl halides is 2. The molecule has 4 rings (SSSR count). The van der Waals surface area contributed by atoms with Gasteiger partial charge in [-0.1, -0.05) is 98.6 Å². The molecule has 0 aliphatic heterocycles. The Bertz CT molecular complexity index is 883. The van der Waals surface area contributed by atoms with E-state index in [2.05, 4.69) is 44.0 Å². The van der Waals surface area contributed by atoms with Gasteiger partial charge in [-0.3, -0.25) is 4.79 Å². The summed E-state index contributed by atoms with van der Waals surface area (Å²) in [5, 5.41) is 2.17. The van der Waals surface area contributed by atoms with E-state index in [1.54, 1.807) is 0 Å². The minimum absolute atomic E-state index is 0.116. The first-order valence-corrected chi connectivity index (χ1v) is 8.80. The van der Waals surface area contributed by atoms with Crippen molar-refractivity contribution in [2.24, 2.45) is 0 Å². The van der Waals surface area contributed by atoms with Crippen LogP contribution in [0.1, 0.15) is 26.3 Å². The summed E-state index contributed by atoms with van der Waals surface area (Å²) in [5.41, 5.74) is 2.92. The van der Waals surface area contributed by atoms with E-state index in [1.807, 2.05) is 54.6 Å². The number of hydrogen-bond donors (Lipinski definition) is 0. The number of carbonyl (C=O) groups excluding carboxylic acids is 1. The zero-order chi connectivity index (χ0) is 15.3. The number of hydrogen-bond acceptors (Lipinski definition) is 1. The number of rotatable bonds is 2. The van der Waals surface area contributed by atoms with Crippen LogP contribution in [-0.4, -0.2) is 5.78 Å².